The SMILES string of the molecule is Nc1nnc(C(=O)N2CCC3(CCCCC3)C2)s1. The molecule has 0 bridgehead atoms. The van der Waals surface area contributed by atoms with Crippen molar-refractivity contribution in [1.82, 2.24) is 15.1 Å². The first kappa shape index (κ1) is 11.9. The van der Waals surface area contributed by atoms with E-state index < -0.39 is 0 Å². The van der Waals surface area contributed by atoms with E-state index in [1.54, 1.807) is 0 Å². The van der Waals surface area contributed by atoms with Gasteiger partial charge in [-0.05, 0) is 24.7 Å². The summed E-state index contributed by atoms with van der Waals surface area (Å²) in [5.41, 5.74) is 5.92. The molecule has 0 aromatic carbocycles. The molecule has 98 valence electrons. The zero-order valence-corrected chi connectivity index (χ0v) is 11.2. The number of likely N-dealkylation sites (tertiary alicyclic amines) is 1. The first-order valence-electron chi connectivity index (χ1n) is 6.57. The van der Waals surface area contributed by atoms with Gasteiger partial charge in [0, 0.05) is 13.1 Å². The Morgan fingerprint density at radius 2 is 2.00 bits per heavy atom. The molecule has 1 amide bonds. The van der Waals surface area contributed by atoms with Crippen LogP contribution in [0.15, 0.2) is 0 Å². The predicted molar refractivity (Wildman–Crippen MR) is 70.4 cm³/mol. The van der Waals surface area contributed by atoms with Crippen molar-refractivity contribution in [2.75, 3.05) is 18.8 Å². The number of rotatable bonds is 1. The van der Waals surface area contributed by atoms with E-state index >= 15 is 0 Å². The predicted octanol–water partition coefficient (Wildman–Crippen LogP) is 1.92. The number of carbonyl (C=O) groups excluding carboxylic acids is 1. The summed E-state index contributed by atoms with van der Waals surface area (Å²) in [6.07, 6.45) is 7.67. The molecule has 0 atom stereocenters. The molecule has 6 heteroatoms. The maximum Gasteiger partial charge on any atom is 0.284 e. The van der Waals surface area contributed by atoms with Crippen LogP contribution in [0.1, 0.15) is 48.3 Å². The van der Waals surface area contributed by atoms with E-state index in [0.717, 1.165) is 19.5 Å². The molecule has 1 saturated carbocycles. The van der Waals surface area contributed by atoms with Crippen LogP contribution >= 0.6 is 11.3 Å². The third-order valence-electron chi connectivity index (χ3n) is 4.26. The Hall–Kier alpha value is -1.17. The van der Waals surface area contributed by atoms with Crippen molar-refractivity contribution < 1.29 is 4.79 Å². The van der Waals surface area contributed by atoms with Crippen LogP contribution in [0.2, 0.25) is 0 Å². The number of amides is 1. The van der Waals surface area contributed by atoms with Gasteiger partial charge in [0.15, 0.2) is 0 Å². The first-order chi connectivity index (χ1) is 8.69. The molecule has 2 N–H and O–H groups in total. The second-order valence-corrected chi connectivity index (χ2v) is 6.49. The minimum absolute atomic E-state index is 0.00616. The largest absolute Gasteiger partial charge is 0.374 e. The van der Waals surface area contributed by atoms with Crippen molar-refractivity contribution >= 4 is 22.4 Å². The molecule has 0 unspecified atom stereocenters. The average molecular weight is 266 g/mol. The van der Waals surface area contributed by atoms with Crippen LogP contribution in [0.4, 0.5) is 5.13 Å². The molecule has 3 rings (SSSR count). The maximum absolute atomic E-state index is 12.3. The van der Waals surface area contributed by atoms with Gasteiger partial charge in [0.2, 0.25) is 10.1 Å². The molecule has 2 fully saturated rings. The van der Waals surface area contributed by atoms with Crippen molar-refractivity contribution in [3.8, 4) is 0 Å². The minimum atomic E-state index is 0.00616. The Labute approximate surface area is 110 Å². The minimum Gasteiger partial charge on any atom is -0.374 e. The Morgan fingerprint density at radius 3 is 2.67 bits per heavy atom. The van der Waals surface area contributed by atoms with Crippen molar-refractivity contribution in [3.63, 3.8) is 0 Å². The highest BCUT2D eigenvalue weighted by Crippen LogP contribution is 2.43. The molecule has 1 saturated heterocycles. The van der Waals surface area contributed by atoms with Gasteiger partial charge in [0.25, 0.3) is 5.91 Å². The van der Waals surface area contributed by atoms with E-state index in [1.165, 1.54) is 43.4 Å². The van der Waals surface area contributed by atoms with E-state index in [2.05, 4.69) is 10.2 Å². The summed E-state index contributed by atoms with van der Waals surface area (Å²) in [5.74, 6) is 0.00616. The van der Waals surface area contributed by atoms with Crippen molar-refractivity contribution in [2.45, 2.75) is 38.5 Å². The fourth-order valence-electron chi connectivity index (χ4n) is 3.27. The molecule has 1 aromatic heterocycles. The van der Waals surface area contributed by atoms with Gasteiger partial charge in [0.05, 0.1) is 0 Å². The lowest BCUT2D eigenvalue weighted by atomic mass is 9.73. The zero-order valence-electron chi connectivity index (χ0n) is 10.4. The van der Waals surface area contributed by atoms with Gasteiger partial charge in [-0.1, -0.05) is 30.6 Å². The molecule has 1 aliphatic heterocycles. The lowest BCUT2D eigenvalue weighted by Gasteiger charge is -2.33. The summed E-state index contributed by atoms with van der Waals surface area (Å²) in [7, 11) is 0. The van der Waals surface area contributed by atoms with E-state index in [0.29, 0.717) is 15.6 Å². The van der Waals surface area contributed by atoms with Crippen LogP contribution in [0.25, 0.3) is 0 Å². The highest BCUT2D eigenvalue weighted by atomic mass is 32.1. The van der Waals surface area contributed by atoms with Crippen LogP contribution in [0.3, 0.4) is 0 Å². The van der Waals surface area contributed by atoms with Crippen molar-refractivity contribution in [3.05, 3.63) is 5.01 Å². The standard InChI is InChI=1S/C12H18N4OS/c13-11-15-14-9(18-11)10(17)16-7-6-12(8-16)4-2-1-3-5-12/h1-8H2,(H2,13,15). The number of nitrogen functional groups attached to an aromatic ring is 1. The Bertz CT molecular complexity index is 453. The molecule has 1 aliphatic carbocycles. The van der Waals surface area contributed by atoms with Crippen molar-refractivity contribution in [2.24, 2.45) is 5.41 Å². The maximum atomic E-state index is 12.3. The van der Waals surface area contributed by atoms with E-state index in [9.17, 15) is 4.79 Å². The topological polar surface area (TPSA) is 72.1 Å². The number of aromatic nitrogens is 2. The number of carbonyl (C=O) groups is 1. The molecule has 0 radical (unpaired) electrons. The lowest BCUT2D eigenvalue weighted by Crippen LogP contribution is -2.33. The second kappa shape index (κ2) is 4.50. The highest BCUT2D eigenvalue weighted by Gasteiger charge is 2.41. The van der Waals surface area contributed by atoms with Gasteiger partial charge in [-0.25, -0.2) is 0 Å². The second-order valence-electron chi connectivity index (χ2n) is 5.48. The highest BCUT2D eigenvalue weighted by molar-refractivity contribution is 7.16. The van der Waals surface area contributed by atoms with Gasteiger partial charge in [0.1, 0.15) is 0 Å². The fraction of sp³-hybridized carbons (Fsp3) is 0.750. The summed E-state index contributed by atoms with van der Waals surface area (Å²) in [6, 6.07) is 0. The number of nitrogens with zero attached hydrogens (tertiary/aromatic N) is 3. The number of hydrogen-bond acceptors (Lipinski definition) is 5. The van der Waals surface area contributed by atoms with Gasteiger partial charge in [-0.3, -0.25) is 4.79 Å². The average Bonchev–Trinajstić information content (AvgIpc) is 2.97. The Kier molecular flexibility index (Phi) is 2.97. The molecule has 1 aromatic rings. The third-order valence-corrected chi connectivity index (χ3v) is 5.00. The number of hydrogen-bond donors (Lipinski definition) is 1. The zero-order chi connectivity index (χ0) is 12.6. The monoisotopic (exact) mass is 266 g/mol. The normalized spacial score (nSPS) is 22.6. The summed E-state index contributed by atoms with van der Waals surface area (Å²) in [4.78, 5) is 14.2. The molecular formula is C12H18N4OS. The summed E-state index contributed by atoms with van der Waals surface area (Å²) in [6.45, 7) is 1.75. The molecule has 2 heterocycles. The van der Waals surface area contributed by atoms with Gasteiger partial charge in [-0.15, -0.1) is 10.2 Å². The smallest absolute Gasteiger partial charge is 0.284 e. The summed E-state index contributed by atoms with van der Waals surface area (Å²) >= 11 is 1.18. The molecule has 1 spiro atoms. The molecular weight excluding hydrogens is 248 g/mol. The van der Waals surface area contributed by atoms with Crippen LogP contribution in [-0.2, 0) is 0 Å². The fourth-order valence-corrected chi connectivity index (χ4v) is 3.85. The third kappa shape index (κ3) is 2.09. The Balaban J connectivity index is 1.70. The quantitative estimate of drug-likeness (QED) is 0.843. The van der Waals surface area contributed by atoms with E-state index in [-0.39, 0.29) is 5.91 Å². The summed E-state index contributed by atoms with van der Waals surface area (Å²) < 4.78 is 0. The Morgan fingerprint density at radius 1 is 1.22 bits per heavy atom. The van der Waals surface area contributed by atoms with Crippen LogP contribution in [-0.4, -0.2) is 34.1 Å². The van der Waals surface area contributed by atoms with E-state index in [1.807, 2.05) is 4.90 Å². The number of nitrogens with two attached hydrogens (primary N) is 1. The van der Waals surface area contributed by atoms with Crippen molar-refractivity contribution in [1.29, 1.82) is 0 Å². The van der Waals surface area contributed by atoms with E-state index in [4.69, 9.17) is 5.73 Å². The number of anilines is 1. The van der Waals surface area contributed by atoms with Crippen LogP contribution in [0.5, 0.6) is 0 Å². The van der Waals surface area contributed by atoms with Gasteiger partial charge < -0.3 is 10.6 Å². The van der Waals surface area contributed by atoms with Gasteiger partial charge in [-0.2, -0.15) is 0 Å². The van der Waals surface area contributed by atoms with Gasteiger partial charge >= 0.3 is 0 Å². The van der Waals surface area contributed by atoms with Crippen LogP contribution in [0, 0.1) is 5.41 Å². The molecule has 18 heavy (non-hydrogen) atoms. The van der Waals surface area contributed by atoms with Crippen LogP contribution < -0.4 is 5.73 Å². The molecule has 2 aliphatic rings. The summed E-state index contributed by atoms with van der Waals surface area (Å²) in [5, 5.41) is 8.35. The lowest BCUT2D eigenvalue weighted by molar-refractivity contribution is 0.0757. The first-order valence-corrected chi connectivity index (χ1v) is 7.39. The molecule has 5 nitrogen and oxygen atoms in total.